The molecule has 2 heterocycles. The van der Waals surface area contributed by atoms with Crippen molar-refractivity contribution in [2.45, 2.75) is 58.6 Å². The van der Waals surface area contributed by atoms with E-state index >= 15 is 0 Å². The molecular weight excluding hydrogens is 400 g/mol. The normalized spacial score (nSPS) is 19.0. The number of halogens is 2. The molecule has 0 aliphatic heterocycles. The molecule has 3 aromatic rings. The Hall–Kier alpha value is -2.80. The fraction of sp³-hybridized carbons (Fsp3) is 0.417. The number of carbonyl (C=O) groups excluding carboxylic acids is 1. The number of ether oxygens (including phenoxy) is 1. The van der Waals surface area contributed by atoms with Gasteiger partial charge < -0.3 is 10.5 Å². The van der Waals surface area contributed by atoms with Crippen molar-refractivity contribution in [3.05, 3.63) is 64.6 Å². The Labute approximate surface area is 180 Å². The van der Waals surface area contributed by atoms with E-state index < -0.39 is 11.6 Å². The lowest BCUT2D eigenvalue weighted by Gasteiger charge is -2.27. The van der Waals surface area contributed by atoms with E-state index in [0.717, 1.165) is 31.2 Å². The van der Waals surface area contributed by atoms with Gasteiger partial charge in [-0.05, 0) is 56.4 Å². The van der Waals surface area contributed by atoms with Crippen LogP contribution in [0.5, 0.6) is 5.75 Å². The van der Waals surface area contributed by atoms with Crippen molar-refractivity contribution in [3.63, 3.8) is 0 Å². The molecule has 5 nitrogen and oxygen atoms in total. The van der Waals surface area contributed by atoms with Gasteiger partial charge >= 0.3 is 0 Å². The fourth-order valence-electron chi connectivity index (χ4n) is 4.44. The molecule has 164 valence electrons. The lowest BCUT2D eigenvalue weighted by Crippen LogP contribution is -2.34. The third-order valence-corrected chi connectivity index (χ3v) is 6.11. The van der Waals surface area contributed by atoms with Crippen molar-refractivity contribution in [1.82, 2.24) is 9.38 Å². The molecule has 0 spiro atoms. The molecule has 2 aromatic heterocycles. The van der Waals surface area contributed by atoms with Gasteiger partial charge in [-0.1, -0.05) is 18.9 Å². The monoisotopic (exact) mass is 427 g/mol. The second kappa shape index (κ2) is 8.75. The Balaban J connectivity index is 1.64. The minimum atomic E-state index is -0.664. The number of hydrogen-bond acceptors (Lipinski definition) is 4. The molecule has 1 aromatic carbocycles. The van der Waals surface area contributed by atoms with Crippen LogP contribution in [-0.4, -0.2) is 21.2 Å². The Morgan fingerprint density at radius 3 is 2.65 bits per heavy atom. The van der Waals surface area contributed by atoms with Crippen LogP contribution in [0.25, 0.3) is 5.65 Å². The predicted octanol–water partition coefficient (Wildman–Crippen LogP) is 4.90. The van der Waals surface area contributed by atoms with Gasteiger partial charge in [-0.25, -0.2) is 13.8 Å². The van der Waals surface area contributed by atoms with Crippen LogP contribution >= 0.6 is 0 Å². The third-order valence-electron chi connectivity index (χ3n) is 6.11. The minimum absolute atomic E-state index is 0.00375. The number of ketones is 1. The number of benzene rings is 1. The van der Waals surface area contributed by atoms with Gasteiger partial charge in [-0.15, -0.1) is 0 Å². The molecule has 0 unspecified atom stereocenters. The molecule has 4 rings (SSSR count). The summed E-state index contributed by atoms with van der Waals surface area (Å²) < 4.78 is 35.5. The van der Waals surface area contributed by atoms with E-state index in [9.17, 15) is 13.6 Å². The largest absolute Gasteiger partial charge is 0.485 e. The lowest BCUT2D eigenvalue weighted by molar-refractivity contribution is 0.0935. The van der Waals surface area contributed by atoms with E-state index in [1.54, 1.807) is 17.4 Å². The molecule has 2 atom stereocenters. The third kappa shape index (κ3) is 4.32. The maximum absolute atomic E-state index is 14.0. The Morgan fingerprint density at radius 1 is 1.23 bits per heavy atom. The van der Waals surface area contributed by atoms with E-state index in [2.05, 4.69) is 4.98 Å². The first-order chi connectivity index (χ1) is 14.8. The second-order valence-electron chi connectivity index (χ2n) is 8.45. The molecule has 7 heteroatoms. The number of nitrogens with zero attached hydrogens (tertiary/aromatic N) is 2. The number of nitrogens with two attached hydrogens (primary N) is 1. The molecule has 0 radical (unpaired) electrons. The minimum Gasteiger partial charge on any atom is -0.485 e. The van der Waals surface area contributed by atoms with Crippen molar-refractivity contribution in [2.24, 2.45) is 11.7 Å². The van der Waals surface area contributed by atoms with Gasteiger partial charge in [0.15, 0.2) is 17.2 Å². The molecule has 0 bridgehead atoms. The van der Waals surface area contributed by atoms with Crippen LogP contribution in [0.4, 0.5) is 8.78 Å². The van der Waals surface area contributed by atoms with Gasteiger partial charge in [0.1, 0.15) is 23.9 Å². The number of hydrogen-bond donors (Lipinski definition) is 1. The topological polar surface area (TPSA) is 69.6 Å². The number of Topliss-reactive ketones (excluding diaryl/α,β-unsaturated/α-hetero) is 1. The predicted molar refractivity (Wildman–Crippen MR) is 114 cm³/mol. The summed E-state index contributed by atoms with van der Waals surface area (Å²) in [6.07, 6.45) is 6.35. The van der Waals surface area contributed by atoms with Gasteiger partial charge in [-0.2, -0.15) is 0 Å². The van der Waals surface area contributed by atoms with Gasteiger partial charge in [0.2, 0.25) is 0 Å². The van der Waals surface area contributed by atoms with Crippen LogP contribution in [0.2, 0.25) is 0 Å². The molecule has 0 saturated heterocycles. The average Bonchev–Trinajstić information content (AvgIpc) is 3.05. The van der Waals surface area contributed by atoms with E-state index in [-0.39, 0.29) is 29.9 Å². The summed E-state index contributed by atoms with van der Waals surface area (Å²) in [6, 6.07) is 5.51. The number of carbonyl (C=O) groups is 1. The van der Waals surface area contributed by atoms with Crippen LogP contribution in [-0.2, 0) is 6.61 Å². The molecule has 1 aliphatic rings. The van der Waals surface area contributed by atoms with Crippen LogP contribution in [0.3, 0.4) is 0 Å². The van der Waals surface area contributed by atoms with Gasteiger partial charge in [0.25, 0.3) is 0 Å². The number of aryl methyl sites for hydroxylation is 2. The zero-order valence-electron chi connectivity index (χ0n) is 17.8. The summed E-state index contributed by atoms with van der Waals surface area (Å²) in [5, 5.41) is 0. The Kier molecular flexibility index (Phi) is 6.05. The van der Waals surface area contributed by atoms with E-state index in [1.165, 1.54) is 18.2 Å². The fourth-order valence-corrected chi connectivity index (χ4v) is 4.44. The molecule has 0 amide bonds. The van der Waals surface area contributed by atoms with E-state index in [0.29, 0.717) is 29.2 Å². The molecule has 2 N–H and O–H groups in total. The maximum Gasteiger partial charge on any atom is 0.181 e. The van der Waals surface area contributed by atoms with Gasteiger partial charge in [0.05, 0.1) is 11.3 Å². The molecule has 31 heavy (non-hydrogen) atoms. The highest BCUT2D eigenvalue weighted by atomic mass is 19.1. The van der Waals surface area contributed by atoms with Crippen molar-refractivity contribution < 1.29 is 18.3 Å². The first-order valence-electron chi connectivity index (χ1n) is 10.7. The SMILES string of the molecule is Cc1cc(OCc2c(F)cccc2F)c2nc(C)c(C(=O)C[C@@H]3CCCC[C@H]3N)n2c1. The van der Waals surface area contributed by atoms with Crippen LogP contribution in [0, 0.1) is 31.4 Å². The zero-order valence-corrected chi connectivity index (χ0v) is 17.8. The smallest absolute Gasteiger partial charge is 0.181 e. The summed E-state index contributed by atoms with van der Waals surface area (Å²) in [6.45, 7) is 3.39. The first kappa shape index (κ1) is 21.4. The second-order valence-corrected chi connectivity index (χ2v) is 8.45. The van der Waals surface area contributed by atoms with Crippen LogP contribution < -0.4 is 10.5 Å². The lowest BCUT2D eigenvalue weighted by atomic mass is 9.81. The zero-order chi connectivity index (χ0) is 22.1. The average molecular weight is 427 g/mol. The standard InChI is InChI=1S/C24H27F2N3O2/c1-14-10-22(31-13-17-18(25)7-5-8-19(17)26)24-28-15(2)23(29(24)12-14)21(30)11-16-6-3-4-9-20(16)27/h5,7-8,10,12,16,20H,3-4,6,9,11,13,27H2,1-2H3/t16-,20+/m0/s1. The highest BCUT2D eigenvalue weighted by molar-refractivity contribution is 5.97. The summed E-state index contributed by atoms with van der Waals surface area (Å²) in [7, 11) is 0. The van der Waals surface area contributed by atoms with Crippen LogP contribution in [0.1, 0.15) is 59.4 Å². The van der Waals surface area contributed by atoms with E-state index in [1.807, 2.05) is 13.1 Å². The summed E-state index contributed by atoms with van der Waals surface area (Å²) in [5.41, 5.74) is 8.51. The summed E-state index contributed by atoms with van der Waals surface area (Å²) in [4.78, 5) is 17.7. The number of imidazole rings is 1. The molecule has 1 fully saturated rings. The Morgan fingerprint density at radius 2 is 1.94 bits per heavy atom. The van der Waals surface area contributed by atoms with Crippen molar-refractivity contribution in [2.75, 3.05) is 0 Å². The number of rotatable bonds is 6. The maximum atomic E-state index is 14.0. The van der Waals surface area contributed by atoms with Crippen molar-refractivity contribution in [1.29, 1.82) is 0 Å². The molecule has 1 saturated carbocycles. The number of aromatic nitrogens is 2. The number of pyridine rings is 1. The van der Waals surface area contributed by atoms with Crippen LogP contribution in [0.15, 0.2) is 30.5 Å². The highest BCUT2D eigenvalue weighted by Crippen LogP contribution is 2.30. The van der Waals surface area contributed by atoms with Crippen molar-refractivity contribution >= 4 is 11.4 Å². The number of fused-ring (bicyclic) bond motifs is 1. The molecule has 1 aliphatic carbocycles. The van der Waals surface area contributed by atoms with Crippen molar-refractivity contribution in [3.8, 4) is 5.75 Å². The summed E-state index contributed by atoms with van der Waals surface area (Å²) in [5.74, 6) is -0.773. The van der Waals surface area contributed by atoms with E-state index in [4.69, 9.17) is 10.5 Å². The van der Waals surface area contributed by atoms with Gasteiger partial charge in [0, 0.05) is 18.7 Å². The molecular formula is C24H27F2N3O2. The van der Waals surface area contributed by atoms with Gasteiger partial charge in [-0.3, -0.25) is 9.20 Å². The Bertz CT molecular complexity index is 1110. The highest BCUT2D eigenvalue weighted by Gasteiger charge is 2.27. The quantitative estimate of drug-likeness (QED) is 0.568. The summed E-state index contributed by atoms with van der Waals surface area (Å²) >= 11 is 0. The first-order valence-corrected chi connectivity index (χ1v) is 10.7.